The van der Waals surface area contributed by atoms with E-state index in [4.69, 9.17) is 4.74 Å². The van der Waals surface area contributed by atoms with E-state index < -0.39 is 6.10 Å². The number of halogens is 2. The molecular weight excluding hydrogens is 459 g/mol. The Hall–Kier alpha value is -3.45. The van der Waals surface area contributed by atoms with Crippen LogP contribution in [-0.2, 0) is 0 Å². The Kier molecular flexibility index (Phi) is 4.17. The molecule has 7 heteroatoms. The minimum atomic E-state index is -0.413. The molecule has 2 atom stereocenters. The van der Waals surface area contributed by atoms with Crippen LogP contribution in [0.4, 0.5) is 10.3 Å². The van der Waals surface area contributed by atoms with E-state index in [1.165, 1.54) is 12.1 Å². The zero-order chi connectivity index (χ0) is 20.9. The monoisotopic (exact) mass is 474 g/mol. The first-order valence-electron chi connectivity index (χ1n) is 9.86. The van der Waals surface area contributed by atoms with Gasteiger partial charge in [0.05, 0.1) is 5.70 Å². The summed E-state index contributed by atoms with van der Waals surface area (Å²) in [5.74, 6) is 1.16. The third-order valence-corrected chi connectivity index (χ3v) is 6.21. The third kappa shape index (κ3) is 2.96. The van der Waals surface area contributed by atoms with Gasteiger partial charge in [-0.1, -0.05) is 52.3 Å². The van der Waals surface area contributed by atoms with Gasteiger partial charge in [-0.2, -0.15) is 10.1 Å². The number of aromatic nitrogens is 3. The summed E-state index contributed by atoms with van der Waals surface area (Å²) in [6, 6.07) is 22.3. The number of anilines is 1. The van der Waals surface area contributed by atoms with Crippen molar-refractivity contribution in [2.24, 2.45) is 0 Å². The standard InChI is InChI=1S/C24H16BrFN4O/c25-16-9-5-14(6-10-16)22-20-21(29-24-27-13-28-30(22)24)18-3-1-2-4-19(18)31-23(20)15-7-11-17(26)12-8-15/h1-13,22-23H,(H,27,28,29)/t22-,23+/m0/s1. The normalized spacial score (nSPS) is 19.0. The van der Waals surface area contributed by atoms with Gasteiger partial charge in [0.15, 0.2) is 0 Å². The first kappa shape index (κ1) is 18.3. The maximum absolute atomic E-state index is 13.7. The van der Waals surface area contributed by atoms with E-state index in [0.717, 1.165) is 38.2 Å². The Morgan fingerprint density at radius 1 is 0.935 bits per heavy atom. The molecule has 0 spiro atoms. The summed E-state index contributed by atoms with van der Waals surface area (Å²) in [6.07, 6.45) is 1.13. The number of fused-ring (bicyclic) bond motifs is 3. The average Bonchev–Trinajstić information content (AvgIpc) is 3.27. The smallest absolute Gasteiger partial charge is 0.226 e. The van der Waals surface area contributed by atoms with Gasteiger partial charge in [0.25, 0.3) is 0 Å². The maximum Gasteiger partial charge on any atom is 0.226 e. The van der Waals surface area contributed by atoms with E-state index in [-0.39, 0.29) is 11.9 Å². The molecule has 0 aliphatic carbocycles. The van der Waals surface area contributed by atoms with Crippen LogP contribution in [0.25, 0.3) is 5.70 Å². The summed E-state index contributed by atoms with van der Waals surface area (Å²) in [7, 11) is 0. The highest BCUT2D eigenvalue weighted by atomic mass is 79.9. The Bertz CT molecular complexity index is 1310. The molecule has 31 heavy (non-hydrogen) atoms. The summed E-state index contributed by atoms with van der Waals surface area (Å²) in [5, 5.41) is 7.97. The number of benzene rings is 3. The van der Waals surface area contributed by atoms with Crippen LogP contribution in [0.1, 0.15) is 28.8 Å². The molecule has 0 fully saturated rings. The largest absolute Gasteiger partial charge is 0.480 e. The van der Waals surface area contributed by atoms with Crippen LogP contribution in [0.5, 0.6) is 5.75 Å². The van der Waals surface area contributed by atoms with Crippen LogP contribution in [0.2, 0.25) is 0 Å². The number of nitrogens with one attached hydrogen (secondary N) is 1. The molecule has 3 aromatic carbocycles. The molecule has 6 rings (SSSR count). The fourth-order valence-electron chi connectivity index (χ4n) is 4.30. The number of para-hydroxylation sites is 1. The first-order chi connectivity index (χ1) is 15.2. The van der Waals surface area contributed by atoms with Crippen LogP contribution in [0, 0.1) is 5.82 Å². The summed E-state index contributed by atoms with van der Waals surface area (Å²) < 4.78 is 23.0. The molecule has 0 saturated heterocycles. The van der Waals surface area contributed by atoms with Gasteiger partial charge in [-0.05, 0) is 47.5 Å². The summed E-state index contributed by atoms with van der Waals surface area (Å²) in [5.41, 5.74) is 4.84. The van der Waals surface area contributed by atoms with E-state index >= 15 is 0 Å². The molecule has 152 valence electrons. The minimum absolute atomic E-state index is 0.231. The van der Waals surface area contributed by atoms with Crippen molar-refractivity contribution < 1.29 is 9.13 Å². The maximum atomic E-state index is 13.7. The zero-order valence-corrected chi connectivity index (χ0v) is 17.8. The van der Waals surface area contributed by atoms with E-state index in [2.05, 4.69) is 43.5 Å². The lowest BCUT2D eigenvalue weighted by atomic mass is 9.84. The van der Waals surface area contributed by atoms with Crippen molar-refractivity contribution in [2.45, 2.75) is 12.1 Å². The van der Waals surface area contributed by atoms with Crippen LogP contribution >= 0.6 is 15.9 Å². The second-order valence-corrected chi connectivity index (χ2v) is 8.40. The van der Waals surface area contributed by atoms with E-state index in [1.54, 1.807) is 18.5 Å². The average molecular weight is 475 g/mol. The highest BCUT2D eigenvalue weighted by Gasteiger charge is 2.40. The molecule has 0 saturated carbocycles. The molecule has 2 aliphatic rings. The van der Waals surface area contributed by atoms with Crippen molar-refractivity contribution in [2.75, 3.05) is 5.32 Å². The molecule has 1 N–H and O–H groups in total. The predicted octanol–water partition coefficient (Wildman–Crippen LogP) is 5.74. The molecule has 4 aromatic rings. The van der Waals surface area contributed by atoms with Crippen LogP contribution in [-0.4, -0.2) is 14.8 Å². The summed E-state index contributed by atoms with van der Waals surface area (Å²) >= 11 is 3.52. The van der Waals surface area contributed by atoms with E-state index in [1.807, 2.05) is 41.1 Å². The van der Waals surface area contributed by atoms with Gasteiger partial charge in [-0.3, -0.25) is 0 Å². The second kappa shape index (κ2) is 7.06. The molecule has 5 nitrogen and oxygen atoms in total. The van der Waals surface area contributed by atoms with Gasteiger partial charge < -0.3 is 10.1 Å². The van der Waals surface area contributed by atoms with Crippen molar-refractivity contribution in [3.8, 4) is 5.75 Å². The van der Waals surface area contributed by atoms with Crippen LogP contribution < -0.4 is 10.1 Å². The molecule has 0 amide bonds. The number of ether oxygens (including phenoxy) is 1. The molecule has 0 radical (unpaired) electrons. The minimum Gasteiger partial charge on any atom is -0.480 e. The Balaban J connectivity index is 1.62. The van der Waals surface area contributed by atoms with Gasteiger partial charge in [0.1, 0.15) is 30.0 Å². The topological polar surface area (TPSA) is 52.0 Å². The summed E-state index contributed by atoms with van der Waals surface area (Å²) in [4.78, 5) is 4.43. The first-order valence-corrected chi connectivity index (χ1v) is 10.7. The van der Waals surface area contributed by atoms with Gasteiger partial charge >= 0.3 is 0 Å². The molecule has 2 aliphatic heterocycles. The molecular formula is C24H16BrFN4O. The zero-order valence-electron chi connectivity index (χ0n) is 16.2. The van der Waals surface area contributed by atoms with Crippen molar-refractivity contribution in [1.82, 2.24) is 14.8 Å². The predicted molar refractivity (Wildman–Crippen MR) is 119 cm³/mol. The van der Waals surface area contributed by atoms with Gasteiger partial charge in [0, 0.05) is 15.6 Å². The van der Waals surface area contributed by atoms with Gasteiger partial charge in [-0.25, -0.2) is 9.07 Å². The Morgan fingerprint density at radius 3 is 2.48 bits per heavy atom. The van der Waals surface area contributed by atoms with Gasteiger partial charge in [-0.15, -0.1) is 0 Å². The molecule has 0 unspecified atom stereocenters. The second-order valence-electron chi connectivity index (χ2n) is 7.48. The highest BCUT2D eigenvalue weighted by molar-refractivity contribution is 9.10. The van der Waals surface area contributed by atoms with Crippen molar-refractivity contribution >= 4 is 27.6 Å². The molecule has 0 bridgehead atoms. The summed E-state index contributed by atoms with van der Waals surface area (Å²) in [6.45, 7) is 0. The van der Waals surface area contributed by atoms with E-state index in [0.29, 0.717) is 5.95 Å². The fourth-order valence-corrected chi connectivity index (χ4v) is 4.56. The fraction of sp³-hybridized carbons (Fsp3) is 0.0833. The molecule has 1 aromatic heterocycles. The quantitative estimate of drug-likeness (QED) is 0.402. The Morgan fingerprint density at radius 2 is 1.68 bits per heavy atom. The number of hydrogen-bond acceptors (Lipinski definition) is 4. The number of rotatable bonds is 2. The van der Waals surface area contributed by atoms with Crippen molar-refractivity contribution in [3.63, 3.8) is 0 Å². The number of hydrogen-bond donors (Lipinski definition) is 1. The van der Waals surface area contributed by atoms with Crippen molar-refractivity contribution in [3.05, 3.63) is 112 Å². The third-order valence-electron chi connectivity index (χ3n) is 5.68. The number of nitrogens with zero attached hydrogens (tertiary/aromatic N) is 3. The SMILES string of the molecule is Fc1ccc([C@H]2Oc3ccccc3C3=C2[C@H](c2ccc(Br)cc2)n2ncnc2N3)cc1. The Labute approximate surface area is 186 Å². The lowest BCUT2D eigenvalue weighted by Crippen LogP contribution is -2.32. The van der Waals surface area contributed by atoms with Crippen LogP contribution in [0.15, 0.2) is 89.2 Å². The van der Waals surface area contributed by atoms with Crippen molar-refractivity contribution in [1.29, 1.82) is 0 Å². The van der Waals surface area contributed by atoms with Gasteiger partial charge in [0.2, 0.25) is 5.95 Å². The van der Waals surface area contributed by atoms with E-state index in [9.17, 15) is 4.39 Å². The highest BCUT2D eigenvalue weighted by Crippen LogP contribution is 2.50. The van der Waals surface area contributed by atoms with Crippen LogP contribution in [0.3, 0.4) is 0 Å². The lowest BCUT2D eigenvalue weighted by Gasteiger charge is -2.39. The lowest BCUT2D eigenvalue weighted by molar-refractivity contribution is 0.223. The molecule has 3 heterocycles.